The van der Waals surface area contributed by atoms with Crippen LogP contribution < -0.4 is 10.5 Å². The zero-order chi connectivity index (χ0) is 23.3. The second-order valence-electron chi connectivity index (χ2n) is 7.74. The van der Waals surface area contributed by atoms with Crippen molar-refractivity contribution in [1.82, 2.24) is 14.7 Å². The number of halogens is 1. The lowest BCUT2D eigenvalue weighted by atomic mass is 10.00. The van der Waals surface area contributed by atoms with Crippen molar-refractivity contribution in [1.29, 1.82) is 0 Å². The summed E-state index contributed by atoms with van der Waals surface area (Å²) in [7, 11) is 1.58. The van der Waals surface area contributed by atoms with Gasteiger partial charge < -0.3 is 18.8 Å². The summed E-state index contributed by atoms with van der Waals surface area (Å²) >= 11 is 6.00. The molecule has 168 valence electrons. The molecule has 0 saturated carbocycles. The zero-order valence-corrected chi connectivity index (χ0v) is 18.9. The van der Waals surface area contributed by atoms with Crippen LogP contribution >= 0.6 is 11.6 Å². The second-order valence-corrected chi connectivity index (χ2v) is 8.18. The number of aliphatic hydroxyl groups excluding tert-OH is 1. The lowest BCUT2D eigenvalue weighted by Gasteiger charge is -2.12. The number of aliphatic hydroxyl groups is 1. The van der Waals surface area contributed by atoms with E-state index in [2.05, 4.69) is 10.1 Å². The first kappa shape index (κ1) is 21.2. The van der Waals surface area contributed by atoms with Crippen molar-refractivity contribution in [2.24, 2.45) is 0 Å². The molecule has 0 saturated heterocycles. The highest BCUT2D eigenvalue weighted by atomic mass is 35.5. The number of nitrogens with zero attached hydrogens (tertiary/aromatic N) is 3. The fourth-order valence-corrected chi connectivity index (χ4v) is 4.30. The SMILES string of the molecule is COc1cc2c(cc1-c1c(C)noc1C)nc(CO)c1oc(=O)n(Cc3ccc(Cl)cc3)c12. The Morgan fingerprint density at radius 1 is 1.18 bits per heavy atom. The van der Waals surface area contributed by atoms with Crippen LogP contribution in [-0.4, -0.2) is 26.9 Å². The van der Waals surface area contributed by atoms with Gasteiger partial charge in [0, 0.05) is 16.0 Å². The lowest BCUT2D eigenvalue weighted by molar-refractivity contribution is 0.277. The molecular formula is C24H20ClN3O5. The van der Waals surface area contributed by atoms with Gasteiger partial charge in [-0.1, -0.05) is 28.9 Å². The smallest absolute Gasteiger partial charge is 0.420 e. The zero-order valence-electron chi connectivity index (χ0n) is 18.2. The van der Waals surface area contributed by atoms with E-state index in [9.17, 15) is 9.90 Å². The molecule has 9 heteroatoms. The number of pyridine rings is 1. The van der Waals surface area contributed by atoms with E-state index < -0.39 is 5.76 Å². The molecule has 0 aliphatic heterocycles. The van der Waals surface area contributed by atoms with Crippen LogP contribution in [0.15, 0.2) is 50.1 Å². The van der Waals surface area contributed by atoms with Gasteiger partial charge in [0.1, 0.15) is 22.7 Å². The van der Waals surface area contributed by atoms with Gasteiger partial charge in [-0.25, -0.2) is 9.78 Å². The molecule has 1 N–H and O–H groups in total. The first-order chi connectivity index (χ1) is 15.9. The molecule has 0 amide bonds. The third kappa shape index (κ3) is 3.48. The fourth-order valence-electron chi connectivity index (χ4n) is 4.17. The summed E-state index contributed by atoms with van der Waals surface area (Å²) < 4.78 is 18.1. The van der Waals surface area contributed by atoms with E-state index in [4.69, 9.17) is 25.3 Å². The Morgan fingerprint density at radius 3 is 2.58 bits per heavy atom. The highest BCUT2D eigenvalue weighted by Gasteiger charge is 2.22. The lowest BCUT2D eigenvalue weighted by Crippen LogP contribution is -2.15. The molecule has 8 nitrogen and oxygen atoms in total. The van der Waals surface area contributed by atoms with Crippen LogP contribution in [0.2, 0.25) is 5.02 Å². The molecule has 0 aliphatic carbocycles. The van der Waals surface area contributed by atoms with E-state index in [0.29, 0.717) is 33.0 Å². The topological polar surface area (TPSA) is 104 Å². The number of rotatable bonds is 5. The largest absolute Gasteiger partial charge is 0.496 e. The molecule has 0 atom stereocenters. The summed E-state index contributed by atoms with van der Waals surface area (Å²) in [4.78, 5) is 17.4. The van der Waals surface area contributed by atoms with E-state index in [1.807, 2.05) is 38.1 Å². The number of fused-ring (bicyclic) bond motifs is 3. The number of hydrogen-bond donors (Lipinski definition) is 1. The Hall–Kier alpha value is -3.62. The third-order valence-corrected chi connectivity index (χ3v) is 5.94. The van der Waals surface area contributed by atoms with Crippen molar-refractivity contribution >= 4 is 33.6 Å². The van der Waals surface area contributed by atoms with Crippen LogP contribution in [0.4, 0.5) is 0 Å². The summed E-state index contributed by atoms with van der Waals surface area (Å²) in [6, 6.07) is 10.9. The second kappa shape index (κ2) is 8.06. The number of ether oxygens (including phenoxy) is 1. The molecule has 5 aromatic rings. The number of benzene rings is 2. The highest BCUT2D eigenvalue weighted by molar-refractivity contribution is 6.30. The van der Waals surface area contributed by atoms with Gasteiger partial charge in [-0.15, -0.1) is 0 Å². The minimum absolute atomic E-state index is 0.246. The van der Waals surface area contributed by atoms with Gasteiger partial charge in [-0.05, 0) is 43.7 Å². The highest BCUT2D eigenvalue weighted by Crippen LogP contribution is 2.39. The summed E-state index contributed by atoms with van der Waals surface area (Å²) in [5, 5.41) is 15.3. The van der Waals surface area contributed by atoms with E-state index in [1.165, 1.54) is 4.57 Å². The van der Waals surface area contributed by atoms with Crippen molar-refractivity contribution in [3.8, 4) is 16.9 Å². The quantitative estimate of drug-likeness (QED) is 0.404. The maximum atomic E-state index is 12.8. The van der Waals surface area contributed by atoms with Gasteiger partial charge >= 0.3 is 5.76 Å². The van der Waals surface area contributed by atoms with Gasteiger partial charge in [0.2, 0.25) is 0 Å². The van der Waals surface area contributed by atoms with Crippen LogP contribution in [0, 0.1) is 13.8 Å². The molecule has 0 spiro atoms. The first-order valence-corrected chi connectivity index (χ1v) is 10.6. The molecule has 3 aromatic heterocycles. The van der Waals surface area contributed by atoms with Crippen LogP contribution in [0.1, 0.15) is 22.7 Å². The number of hydrogen-bond acceptors (Lipinski definition) is 7. The Morgan fingerprint density at radius 2 is 1.94 bits per heavy atom. The Kier molecular flexibility index (Phi) is 5.19. The maximum absolute atomic E-state index is 12.8. The number of oxazole rings is 1. The first-order valence-electron chi connectivity index (χ1n) is 10.2. The summed E-state index contributed by atoms with van der Waals surface area (Å²) in [6.07, 6.45) is 0. The fraction of sp³-hybridized carbons (Fsp3) is 0.208. The molecule has 33 heavy (non-hydrogen) atoms. The molecule has 0 aliphatic rings. The van der Waals surface area contributed by atoms with Crippen LogP contribution in [-0.2, 0) is 13.2 Å². The van der Waals surface area contributed by atoms with Crippen molar-refractivity contribution in [2.45, 2.75) is 27.0 Å². The van der Waals surface area contributed by atoms with E-state index >= 15 is 0 Å². The Balaban J connectivity index is 1.82. The summed E-state index contributed by atoms with van der Waals surface area (Å²) in [6.45, 7) is 3.56. The van der Waals surface area contributed by atoms with Gasteiger partial charge in [0.15, 0.2) is 5.58 Å². The average Bonchev–Trinajstić information content (AvgIpc) is 3.32. The number of methoxy groups -OCH3 is 1. The average molecular weight is 466 g/mol. The molecule has 3 heterocycles. The van der Waals surface area contributed by atoms with Crippen LogP contribution in [0.25, 0.3) is 33.1 Å². The maximum Gasteiger partial charge on any atom is 0.420 e. The Labute approximate surface area is 193 Å². The van der Waals surface area contributed by atoms with Gasteiger partial charge in [0.05, 0.1) is 37.0 Å². The van der Waals surface area contributed by atoms with Crippen molar-refractivity contribution in [2.75, 3.05) is 7.11 Å². The Bertz CT molecular complexity index is 1540. The molecular weight excluding hydrogens is 446 g/mol. The predicted octanol–water partition coefficient (Wildman–Crippen LogP) is 4.62. The van der Waals surface area contributed by atoms with E-state index in [0.717, 1.165) is 22.4 Å². The normalized spacial score (nSPS) is 11.5. The molecule has 0 fully saturated rings. The van der Waals surface area contributed by atoms with Crippen LogP contribution in [0.3, 0.4) is 0 Å². The monoisotopic (exact) mass is 465 g/mol. The van der Waals surface area contributed by atoms with E-state index in [1.54, 1.807) is 19.2 Å². The van der Waals surface area contributed by atoms with Gasteiger partial charge in [-0.2, -0.15) is 0 Å². The van der Waals surface area contributed by atoms with Crippen molar-refractivity contribution < 1.29 is 18.8 Å². The summed E-state index contributed by atoms with van der Waals surface area (Å²) in [5.74, 6) is 0.678. The van der Waals surface area contributed by atoms with Crippen molar-refractivity contribution in [3.63, 3.8) is 0 Å². The molecule has 0 radical (unpaired) electrons. The molecule has 0 unspecified atom stereocenters. The van der Waals surface area contributed by atoms with Gasteiger partial charge in [0.25, 0.3) is 0 Å². The minimum Gasteiger partial charge on any atom is -0.496 e. The number of aryl methyl sites for hydroxylation is 2. The van der Waals surface area contributed by atoms with Crippen LogP contribution in [0.5, 0.6) is 5.75 Å². The standard InChI is InChI=1S/C24H20ClN3O5/c1-12-21(13(2)33-27-12)17-8-18-16(9-20(17)31-3)22-23(19(11-29)26-18)32-24(30)28(22)10-14-4-6-15(25)7-5-14/h4-9,29H,10-11H2,1-3H3. The molecule has 2 aromatic carbocycles. The van der Waals surface area contributed by atoms with Crippen molar-refractivity contribution in [3.05, 3.63) is 74.7 Å². The molecule has 0 bridgehead atoms. The summed E-state index contributed by atoms with van der Waals surface area (Å²) in [5.41, 5.74) is 4.80. The van der Waals surface area contributed by atoms with E-state index in [-0.39, 0.29) is 24.4 Å². The van der Waals surface area contributed by atoms with Gasteiger partial charge in [-0.3, -0.25) is 4.57 Å². The molecule has 5 rings (SSSR count). The number of aromatic nitrogens is 3. The third-order valence-electron chi connectivity index (χ3n) is 5.69. The predicted molar refractivity (Wildman–Crippen MR) is 124 cm³/mol. The minimum atomic E-state index is -0.544.